The Morgan fingerprint density at radius 2 is 0.800 bits per heavy atom. The van der Waals surface area contributed by atoms with Gasteiger partial charge in [0.1, 0.15) is 0 Å². The lowest BCUT2D eigenvalue weighted by Crippen LogP contribution is -2.53. The van der Waals surface area contributed by atoms with Gasteiger partial charge in [-0.15, -0.1) is 0 Å². The van der Waals surface area contributed by atoms with Crippen LogP contribution in [0.5, 0.6) is 0 Å². The Morgan fingerprint density at radius 3 is 1.34 bits per heavy atom. The first-order chi connectivity index (χ1) is 17.3. The molecule has 3 nitrogen and oxygen atoms in total. The second-order valence-corrected chi connectivity index (χ2v) is 13.2. The highest BCUT2D eigenvalue weighted by atomic mass is 15.2. The molecule has 4 rings (SSSR count). The Morgan fingerprint density at radius 1 is 0.400 bits per heavy atom. The van der Waals surface area contributed by atoms with Gasteiger partial charge in [0, 0.05) is 6.04 Å². The molecule has 0 heterocycles. The van der Waals surface area contributed by atoms with Crippen LogP contribution >= 0.6 is 0 Å². The zero-order valence-electron chi connectivity index (χ0n) is 23.3. The Bertz CT molecular complexity index is 592. The summed E-state index contributed by atoms with van der Waals surface area (Å²) in [6, 6.07) is 0.207. The molecule has 0 aromatic carbocycles. The van der Waals surface area contributed by atoms with E-state index in [4.69, 9.17) is 16.0 Å². The maximum atomic E-state index is 7.19. The average Bonchev–Trinajstić information content (AvgIpc) is 2.78. The number of hydrogen-bond donors (Lipinski definition) is 1. The number of rotatable bonds is 4. The van der Waals surface area contributed by atoms with E-state index in [1.165, 1.54) is 167 Å². The fourth-order valence-electron chi connectivity index (χ4n) is 8.52. The molecule has 0 radical (unpaired) electrons. The van der Waals surface area contributed by atoms with Gasteiger partial charge in [-0.1, -0.05) is 122 Å². The Kier molecular flexibility index (Phi) is 11.4. The van der Waals surface area contributed by atoms with Crippen LogP contribution in [0.1, 0.15) is 173 Å². The van der Waals surface area contributed by atoms with Crippen molar-refractivity contribution in [2.24, 2.45) is 27.8 Å². The topological polar surface area (TPSA) is 50.7 Å². The summed E-state index contributed by atoms with van der Waals surface area (Å²) < 4.78 is 0. The van der Waals surface area contributed by atoms with Gasteiger partial charge in [0.25, 0.3) is 0 Å². The van der Waals surface area contributed by atoms with Gasteiger partial charge in [0.15, 0.2) is 0 Å². The summed E-state index contributed by atoms with van der Waals surface area (Å²) in [6.07, 6.45) is 36.8. The van der Waals surface area contributed by atoms with Crippen LogP contribution in [0.3, 0.4) is 0 Å². The molecule has 2 N–H and O–H groups in total. The maximum Gasteiger partial charge on any atom is 0.0993 e. The van der Waals surface area contributed by atoms with E-state index in [1.54, 1.807) is 0 Å². The molecular formula is C32H59N3. The van der Waals surface area contributed by atoms with Gasteiger partial charge < -0.3 is 5.73 Å². The third kappa shape index (κ3) is 7.55. The second-order valence-electron chi connectivity index (χ2n) is 13.2. The maximum absolute atomic E-state index is 7.19. The van der Waals surface area contributed by atoms with E-state index in [0.717, 1.165) is 12.3 Å². The van der Waals surface area contributed by atoms with Crippen molar-refractivity contribution in [3.8, 4) is 0 Å². The molecule has 0 spiro atoms. The molecule has 2 atom stereocenters. The van der Waals surface area contributed by atoms with Crippen molar-refractivity contribution in [3.63, 3.8) is 0 Å². The third-order valence-electron chi connectivity index (χ3n) is 10.8. The molecule has 0 amide bonds. The quantitative estimate of drug-likeness (QED) is 0.395. The van der Waals surface area contributed by atoms with Crippen LogP contribution < -0.4 is 5.73 Å². The van der Waals surface area contributed by atoms with Crippen molar-refractivity contribution in [1.29, 1.82) is 0 Å². The lowest BCUT2D eigenvalue weighted by Gasteiger charge is -2.45. The number of nitrogens with two attached hydrogens (primary N) is 1. The van der Waals surface area contributed by atoms with E-state index >= 15 is 0 Å². The highest BCUT2D eigenvalue weighted by molar-refractivity contribution is 5.04. The molecule has 4 fully saturated rings. The lowest BCUT2D eigenvalue weighted by molar-refractivity contribution is 0.122. The summed E-state index contributed by atoms with van der Waals surface area (Å²) in [5.41, 5.74) is 7.21. The van der Waals surface area contributed by atoms with Crippen LogP contribution in [0.25, 0.3) is 0 Å². The molecule has 4 aliphatic carbocycles. The minimum absolute atomic E-state index is 0.0885. The molecule has 0 aromatic rings. The zero-order valence-corrected chi connectivity index (χ0v) is 23.3. The summed E-state index contributed by atoms with van der Waals surface area (Å²) in [6.45, 7) is 0. The largest absolute Gasteiger partial charge is 0.326 e. The van der Waals surface area contributed by atoms with Crippen molar-refractivity contribution in [2.75, 3.05) is 0 Å². The summed E-state index contributed by atoms with van der Waals surface area (Å²) in [5.74, 6) is 1.41. The van der Waals surface area contributed by atoms with E-state index in [1.807, 2.05) is 0 Å². The molecule has 0 bridgehead atoms. The van der Waals surface area contributed by atoms with Crippen LogP contribution in [-0.4, -0.2) is 17.1 Å². The van der Waals surface area contributed by atoms with Crippen molar-refractivity contribution < 1.29 is 0 Å². The summed E-state index contributed by atoms with van der Waals surface area (Å²) >= 11 is 0. The van der Waals surface area contributed by atoms with Crippen LogP contribution in [0.4, 0.5) is 0 Å². The van der Waals surface area contributed by atoms with Gasteiger partial charge in [0.2, 0.25) is 0 Å². The van der Waals surface area contributed by atoms with Gasteiger partial charge in [-0.25, -0.2) is 0 Å². The summed E-state index contributed by atoms with van der Waals surface area (Å²) in [4.78, 5) is 0. The minimum Gasteiger partial charge on any atom is -0.326 e. The van der Waals surface area contributed by atoms with E-state index in [-0.39, 0.29) is 17.1 Å². The second kappa shape index (κ2) is 14.5. The minimum atomic E-state index is -0.0885. The van der Waals surface area contributed by atoms with Gasteiger partial charge in [0.05, 0.1) is 11.1 Å². The predicted octanol–water partition coefficient (Wildman–Crippen LogP) is 10.1. The normalized spacial score (nSPS) is 33.9. The number of nitrogens with zero attached hydrogens (tertiary/aromatic N) is 2. The smallest absolute Gasteiger partial charge is 0.0993 e. The molecule has 4 aliphatic rings. The first-order valence-electron chi connectivity index (χ1n) is 16.4. The van der Waals surface area contributed by atoms with Crippen LogP contribution in [0.2, 0.25) is 0 Å². The van der Waals surface area contributed by atoms with E-state index in [0.29, 0.717) is 5.92 Å². The highest BCUT2D eigenvalue weighted by Crippen LogP contribution is 2.46. The SMILES string of the molecule is NC1CCCCCCC1(N=NC1(C2CCCCCCC2)CCCCCCC1)C1CCCCCCC1. The molecule has 0 aromatic heterocycles. The Balaban J connectivity index is 1.67. The number of hydrogen-bond acceptors (Lipinski definition) is 3. The lowest BCUT2D eigenvalue weighted by atomic mass is 9.68. The number of azo groups is 1. The van der Waals surface area contributed by atoms with E-state index in [9.17, 15) is 0 Å². The van der Waals surface area contributed by atoms with Crippen LogP contribution in [0, 0.1) is 11.8 Å². The van der Waals surface area contributed by atoms with Gasteiger partial charge >= 0.3 is 0 Å². The van der Waals surface area contributed by atoms with Crippen molar-refractivity contribution >= 4 is 0 Å². The predicted molar refractivity (Wildman–Crippen MR) is 150 cm³/mol. The summed E-state index contributed by atoms with van der Waals surface area (Å²) in [5, 5.41) is 11.4. The molecule has 2 unspecified atom stereocenters. The first kappa shape index (κ1) is 27.6. The molecule has 3 heteroatoms. The van der Waals surface area contributed by atoms with Crippen molar-refractivity contribution in [3.05, 3.63) is 0 Å². The fraction of sp³-hybridized carbons (Fsp3) is 1.00. The van der Waals surface area contributed by atoms with E-state index in [2.05, 4.69) is 0 Å². The Hall–Kier alpha value is -0.440. The molecule has 0 saturated heterocycles. The fourth-order valence-corrected chi connectivity index (χ4v) is 8.52. The van der Waals surface area contributed by atoms with Crippen LogP contribution in [-0.2, 0) is 0 Å². The molecule has 4 saturated carbocycles. The van der Waals surface area contributed by atoms with E-state index < -0.39 is 0 Å². The third-order valence-corrected chi connectivity index (χ3v) is 10.8. The molecule has 202 valence electrons. The summed E-state index contributed by atoms with van der Waals surface area (Å²) in [7, 11) is 0. The Labute approximate surface area is 218 Å². The monoisotopic (exact) mass is 485 g/mol. The average molecular weight is 486 g/mol. The highest BCUT2D eigenvalue weighted by Gasteiger charge is 2.46. The van der Waals surface area contributed by atoms with Crippen LogP contribution in [0.15, 0.2) is 10.2 Å². The van der Waals surface area contributed by atoms with Gasteiger partial charge in [-0.3, -0.25) is 0 Å². The standard InChI is InChI=1S/C32H59N3/c33-30-24-16-8-11-19-27-32(30,29-22-14-6-2-7-15-23-29)35-34-31(25-17-9-3-10-18-26-31)28-20-12-4-1-5-13-21-28/h28-30H,1-27,33H2. The van der Waals surface area contributed by atoms with Gasteiger partial charge in [-0.2, -0.15) is 10.2 Å². The van der Waals surface area contributed by atoms with Crippen molar-refractivity contribution in [1.82, 2.24) is 0 Å². The molecular weight excluding hydrogens is 426 g/mol. The molecule has 35 heavy (non-hydrogen) atoms. The van der Waals surface area contributed by atoms with Gasteiger partial charge in [-0.05, 0) is 63.2 Å². The first-order valence-corrected chi connectivity index (χ1v) is 16.4. The zero-order chi connectivity index (χ0) is 24.2. The van der Waals surface area contributed by atoms with Crippen molar-refractivity contribution in [2.45, 2.75) is 190 Å². The molecule has 0 aliphatic heterocycles.